The Morgan fingerprint density at radius 2 is 2.12 bits per heavy atom. The number of nitriles is 1. The number of rotatable bonds is 5. The third-order valence-corrected chi connectivity index (χ3v) is 4.31. The molecule has 0 spiro atoms. The number of benzene rings is 1. The highest BCUT2D eigenvalue weighted by Crippen LogP contribution is 2.29. The van der Waals surface area contributed by atoms with E-state index in [0.717, 1.165) is 16.3 Å². The Kier molecular flexibility index (Phi) is 5.07. The lowest BCUT2D eigenvalue weighted by Crippen LogP contribution is -2.06. The molecule has 0 aliphatic heterocycles. The highest BCUT2D eigenvalue weighted by molar-refractivity contribution is 7.13. The van der Waals surface area contributed by atoms with Crippen LogP contribution in [0.4, 0.5) is 0 Å². The number of aromatic nitrogens is 2. The first-order chi connectivity index (χ1) is 12.2. The molecule has 0 amide bonds. The van der Waals surface area contributed by atoms with E-state index in [-0.39, 0.29) is 12.2 Å². The van der Waals surface area contributed by atoms with Crippen LogP contribution in [0.3, 0.4) is 0 Å². The number of ether oxygens (including phenoxy) is 1. The molecule has 0 aliphatic rings. The lowest BCUT2D eigenvalue weighted by atomic mass is 10.1. The molecule has 0 N–H and O–H groups in total. The molecule has 5 nitrogen and oxygen atoms in total. The molecule has 1 aromatic carbocycles. The van der Waals surface area contributed by atoms with Crippen LogP contribution in [0.15, 0.2) is 59.6 Å². The second kappa shape index (κ2) is 7.60. The molecule has 0 atom stereocenters. The third-order valence-electron chi connectivity index (χ3n) is 3.43. The van der Waals surface area contributed by atoms with Gasteiger partial charge in [0.1, 0.15) is 17.3 Å². The lowest BCUT2D eigenvalue weighted by Gasteiger charge is -1.99. The van der Waals surface area contributed by atoms with E-state index >= 15 is 0 Å². The Bertz CT molecular complexity index is 935. The molecular weight excluding hydrogens is 334 g/mol. The molecule has 0 aliphatic carbocycles. The Balaban J connectivity index is 2.10. The van der Waals surface area contributed by atoms with Crippen molar-refractivity contribution in [1.29, 1.82) is 5.26 Å². The van der Waals surface area contributed by atoms with Crippen LogP contribution in [-0.4, -0.2) is 22.4 Å². The molecular formula is C19H15N3O2S. The van der Waals surface area contributed by atoms with E-state index in [0.29, 0.717) is 5.56 Å². The predicted octanol–water partition coefficient (Wildman–Crippen LogP) is 4.07. The first kappa shape index (κ1) is 16.7. The van der Waals surface area contributed by atoms with Crippen molar-refractivity contribution in [3.63, 3.8) is 0 Å². The van der Waals surface area contributed by atoms with Crippen molar-refractivity contribution >= 4 is 23.4 Å². The second-order valence-electron chi connectivity index (χ2n) is 5.08. The van der Waals surface area contributed by atoms with Gasteiger partial charge in [-0.05, 0) is 36.6 Å². The Morgan fingerprint density at radius 3 is 2.76 bits per heavy atom. The van der Waals surface area contributed by atoms with E-state index in [2.05, 4.69) is 5.10 Å². The van der Waals surface area contributed by atoms with Gasteiger partial charge in [-0.15, -0.1) is 11.3 Å². The quantitative estimate of drug-likeness (QED) is 0.395. The molecule has 124 valence electrons. The molecule has 0 radical (unpaired) electrons. The van der Waals surface area contributed by atoms with Gasteiger partial charge in [0, 0.05) is 11.8 Å². The van der Waals surface area contributed by atoms with Crippen molar-refractivity contribution in [2.24, 2.45) is 0 Å². The summed E-state index contributed by atoms with van der Waals surface area (Å²) in [5.41, 5.74) is 2.26. The standard InChI is InChI=1S/C19H15N3O2S/c1-2-24-19(23)14(12-20)11-15-13-22(16-7-4-3-5-8-16)21-18(15)17-9-6-10-25-17/h3-11,13H,2H2,1H3. The smallest absolute Gasteiger partial charge is 0.348 e. The van der Waals surface area contributed by atoms with Crippen LogP contribution in [0.1, 0.15) is 12.5 Å². The minimum Gasteiger partial charge on any atom is -0.462 e. The number of esters is 1. The van der Waals surface area contributed by atoms with E-state index in [1.807, 2.05) is 53.9 Å². The summed E-state index contributed by atoms with van der Waals surface area (Å²) in [6, 6.07) is 15.5. The minimum absolute atomic E-state index is 0.0488. The van der Waals surface area contributed by atoms with Crippen molar-refractivity contribution in [1.82, 2.24) is 9.78 Å². The molecule has 0 fully saturated rings. The van der Waals surface area contributed by atoms with Crippen LogP contribution in [0.25, 0.3) is 22.3 Å². The molecule has 25 heavy (non-hydrogen) atoms. The fourth-order valence-electron chi connectivity index (χ4n) is 2.31. The van der Waals surface area contributed by atoms with Crippen LogP contribution in [0, 0.1) is 11.3 Å². The Labute approximate surface area is 149 Å². The number of hydrogen-bond acceptors (Lipinski definition) is 5. The maximum absolute atomic E-state index is 11.9. The highest BCUT2D eigenvalue weighted by Gasteiger charge is 2.16. The number of para-hydroxylation sites is 1. The summed E-state index contributed by atoms with van der Waals surface area (Å²) in [6.45, 7) is 1.93. The molecule has 0 bridgehead atoms. The van der Waals surface area contributed by atoms with Gasteiger partial charge in [0.25, 0.3) is 0 Å². The Morgan fingerprint density at radius 1 is 1.32 bits per heavy atom. The van der Waals surface area contributed by atoms with Crippen LogP contribution in [0.2, 0.25) is 0 Å². The summed E-state index contributed by atoms with van der Waals surface area (Å²) in [5.74, 6) is -0.630. The van der Waals surface area contributed by atoms with Gasteiger partial charge in [-0.1, -0.05) is 24.3 Å². The molecule has 2 aromatic heterocycles. The molecule has 3 rings (SSSR count). The fourth-order valence-corrected chi connectivity index (χ4v) is 3.04. The fraction of sp³-hybridized carbons (Fsp3) is 0.105. The molecule has 0 saturated carbocycles. The second-order valence-corrected chi connectivity index (χ2v) is 6.03. The van der Waals surface area contributed by atoms with E-state index in [4.69, 9.17) is 4.74 Å². The van der Waals surface area contributed by atoms with Crippen molar-refractivity contribution in [2.75, 3.05) is 6.61 Å². The highest BCUT2D eigenvalue weighted by atomic mass is 32.1. The van der Waals surface area contributed by atoms with E-state index in [1.165, 1.54) is 6.08 Å². The molecule has 2 heterocycles. The summed E-state index contributed by atoms with van der Waals surface area (Å²) in [6.07, 6.45) is 3.33. The zero-order valence-corrected chi connectivity index (χ0v) is 14.4. The van der Waals surface area contributed by atoms with Crippen LogP contribution < -0.4 is 0 Å². The van der Waals surface area contributed by atoms with E-state index in [9.17, 15) is 10.1 Å². The molecule has 3 aromatic rings. The topological polar surface area (TPSA) is 67.9 Å². The summed E-state index contributed by atoms with van der Waals surface area (Å²) in [7, 11) is 0. The lowest BCUT2D eigenvalue weighted by molar-refractivity contribution is -0.137. The molecule has 0 unspecified atom stereocenters. The van der Waals surface area contributed by atoms with Crippen molar-refractivity contribution in [2.45, 2.75) is 6.92 Å². The Hall–Kier alpha value is -3.17. The number of carbonyl (C=O) groups excluding carboxylic acids is 1. The van der Waals surface area contributed by atoms with Gasteiger partial charge in [0.2, 0.25) is 0 Å². The van der Waals surface area contributed by atoms with Gasteiger partial charge < -0.3 is 4.74 Å². The third kappa shape index (κ3) is 3.67. The normalized spacial score (nSPS) is 11.1. The van der Waals surface area contributed by atoms with Crippen molar-refractivity contribution in [3.05, 3.63) is 65.2 Å². The first-order valence-electron chi connectivity index (χ1n) is 7.70. The minimum atomic E-state index is -0.630. The van der Waals surface area contributed by atoms with Crippen molar-refractivity contribution < 1.29 is 9.53 Å². The molecule has 0 saturated heterocycles. The number of thiophene rings is 1. The number of carbonyl (C=O) groups is 1. The monoisotopic (exact) mass is 349 g/mol. The first-order valence-corrected chi connectivity index (χ1v) is 8.58. The van der Waals surface area contributed by atoms with E-state index < -0.39 is 5.97 Å². The van der Waals surface area contributed by atoms with Gasteiger partial charge in [0.05, 0.1) is 17.2 Å². The van der Waals surface area contributed by atoms with Crippen LogP contribution >= 0.6 is 11.3 Å². The number of nitrogens with zero attached hydrogens (tertiary/aromatic N) is 3. The maximum atomic E-state index is 11.9. The predicted molar refractivity (Wildman–Crippen MR) is 97.1 cm³/mol. The van der Waals surface area contributed by atoms with Gasteiger partial charge in [-0.3, -0.25) is 0 Å². The van der Waals surface area contributed by atoms with Crippen LogP contribution in [0.5, 0.6) is 0 Å². The SMILES string of the molecule is CCOC(=O)C(C#N)=Cc1cn(-c2ccccc2)nc1-c1cccs1. The zero-order valence-electron chi connectivity index (χ0n) is 13.5. The van der Waals surface area contributed by atoms with Crippen LogP contribution in [-0.2, 0) is 9.53 Å². The van der Waals surface area contributed by atoms with Gasteiger partial charge >= 0.3 is 5.97 Å². The number of hydrogen-bond donors (Lipinski definition) is 0. The summed E-state index contributed by atoms with van der Waals surface area (Å²) >= 11 is 1.55. The largest absolute Gasteiger partial charge is 0.462 e. The summed E-state index contributed by atoms with van der Waals surface area (Å²) in [5, 5.41) is 15.9. The maximum Gasteiger partial charge on any atom is 0.348 e. The zero-order chi connectivity index (χ0) is 17.6. The summed E-state index contributed by atoms with van der Waals surface area (Å²) in [4.78, 5) is 12.9. The molecule has 6 heteroatoms. The van der Waals surface area contributed by atoms with Gasteiger partial charge in [-0.2, -0.15) is 10.4 Å². The van der Waals surface area contributed by atoms with Gasteiger partial charge in [0.15, 0.2) is 0 Å². The van der Waals surface area contributed by atoms with Gasteiger partial charge in [-0.25, -0.2) is 9.48 Å². The van der Waals surface area contributed by atoms with Crippen molar-refractivity contribution in [3.8, 4) is 22.3 Å². The average Bonchev–Trinajstić information content (AvgIpc) is 3.30. The average molecular weight is 349 g/mol. The summed E-state index contributed by atoms with van der Waals surface area (Å²) < 4.78 is 6.67. The van der Waals surface area contributed by atoms with E-state index in [1.54, 1.807) is 29.1 Å².